The Bertz CT molecular complexity index is 490. The predicted octanol–water partition coefficient (Wildman–Crippen LogP) is 2.09. The summed E-state index contributed by atoms with van der Waals surface area (Å²) in [6.07, 6.45) is 2.73. The normalized spacial score (nSPS) is 19.5. The van der Waals surface area contributed by atoms with Gasteiger partial charge in [0, 0.05) is 31.6 Å². The Labute approximate surface area is 136 Å². The van der Waals surface area contributed by atoms with Gasteiger partial charge in [0.1, 0.15) is 0 Å². The molecule has 1 aliphatic heterocycles. The zero-order valence-electron chi connectivity index (χ0n) is 13.3. The van der Waals surface area contributed by atoms with E-state index in [1.807, 2.05) is 0 Å². The first-order chi connectivity index (χ1) is 10.6. The lowest BCUT2D eigenvalue weighted by Gasteiger charge is -2.32. The van der Waals surface area contributed by atoms with Crippen LogP contribution in [0.1, 0.15) is 24.6 Å². The molecule has 122 valence electrons. The highest BCUT2D eigenvalue weighted by atomic mass is 32.1. The van der Waals surface area contributed by atoms with Gasteiger partial charge in [0.15, 0.2) is 0 Å². The molecule has 22 heavy (non-hydrogen) atoms. The molecular weight excluding hydrogens is 298 g/mol. The lowest BCUT2D eigenvalue weighted by atomic mass is 9.97. The van der Waals surface area contributed by atoms with Gasteiger partial charge >= 0.3 is 6.03 Å². The highest BCUT2D eigenvalue weighted by Gasteiger charge is 2.27. The third-order valence-electron chi connectivity index (χ3n) is 4.06. The zero-order valence-corrected chi connectivity index (χ0v) is 14.1. The summed E-state index contributed by atoms with van der Waals surface area (Å²) in [6, 6.07) is 4.13. The Balaban J connectivity index is 1.75. The van der Waals surface area contributed by atoms with E-state index in [9.17, 15) is 9.59 Å². The SMILES string of the molecule is CNC(=O)C1CCCN(C(=O)NCC(C)Cc2cccs2)C1. The molecule has 6 heteroatoms. The number of hydrogen-bond donors (Lipinski definition) is 2. The molecule has 1 saturated heterocycles. The van der Waals surface area contributed by atoms with E-state index in [2.05, 4.69) is 35.1 Å². The van der Waals surface area contributed by atoms with Crippen LogP contribution in [0.2, 0.25) is 0 Å². The van der Waals surface area contributed by atoms with Gasteiger partial charge in [-0.2, -0.15) is 0 Å². The second-order valence-electron chi connectivity index (χ2n) is 5.97. The largest absolute Gasteiger partial charge is 0.359 e. The maximum atomic E-state index is 12.2. The lowest BCUT2D eigenvalue weighted by Crippen LogP contribution is -2.49. The van der Waals surface area contributed by atoms with Gasteiger partial charge in [0.25, 0.3) is 0 Å². The summed E-state index contributed by atoms with van der Waals surface area (Å²) in [5, 5.41) is 7.75. The quantitative estimate of drug-likeness (QED) is 0.872. The summed E-state index contributed by atoms with van der Waals surface area (Å²) in [5.74, 6) is 0.360. The minimum Gasteiger partial charge on any atom is -0.359 e. The molecule has 2 unspecified atom stereocenters. The van der Waals surface area contributed by atoms with Gasteiger partial charge in [-0.1, -0.05) is 13.0 Å². The average molecular weight is 323 g/mol. The average Bonchev–Trinajstić information content (AvgIpc) is 3.04. The molecule has 0 saturated carbocycles. The fraction of sp³-hybridized carbons (Fsp3) is 0.625. The molecule has 0 radical (unpaired) electrons. The number of amides is 3. The number of hydrogen-bond acceptors (Lipinski definition) is 3. The van der Waals surface area contributed by atoms with Gasteiger partial charge in [-0.15, -0.1) is 11.3 Å². The fourth-order valence-corrected chi connectivity index (χ4v) is 3.67. The first kappa shape index (κ1) is 16.8. The van der Waals surface area contributed by atoms with Crippen LogP contribution in [0, 0.1) is 11.8 Å². The van der Waals surface area contributed by atoms with Crippen molar-refractivity contribution in [1.29, 1.82) is 0 Å². The molecule has 1 aromatic rings. The molecular formula is C16H25N3O2S. The summed E-state index contributed by atoms with van der Waals surface area (Å²) < 4.78 is 0. The molecule has 0 aliphatic carbocycles. The van der Waals surface area contributed by atoms with Crippen LogP contribution in [0.25, 0.3) is 0 Å². The molecule has 2 heterocycles. The number of piperidine rings is 1. The van der Waals surface area contributed by atoms with E-state index in [0.29, 0.717) is 19.0 Å². The van der Waals surface area contributed by atoms with Crippen LogP contribution in [0.3, 0.4) is 0 Å². The molecule has 1 aliphatic rings. The second-order valence-corrected chi connectivity index (χ2v) is 7.01. The van der Waals surface area contributed by atoms with Gasteiger partial charge < -0.3 is 15.5 Å². The maximum absolute atomic E-state index is 12.2. The monoisotopic (exact) mass is 323 g/mol. The molecule has 2 rings (SSSR count). The van der Waals surface area contributed by atoms with E-state index in [0.717, 1.165) is 25.8 Å². The van der Waals surface area contributed by atoms with Crippen molar-refractivity contribution in [3.8, 4) is 0 Å². The molecule has 1 fully saturated rings. The number of carbonyl (C=O) groups excluding carboxylic acids is 2. The number of thiophene rings is 1. The van der Waals surface area contributed by atoms with E-state index in [4.69, 9.17) is 0 Å². The first-order valence-corrected chi connectivity index (χ1v) is 8.75. The molecule has 1 aromatic heterocycles. The van der Waals surface area contributed by atoms with E-state index < -0.39 is 0 Å². The zero-order chi connectivity index (χ0) is 15.9. The molecule has 5 nitrogen and oxygen atoms in total. The summed E-state index contributed by atoms with van der Waals surface area (Å²) in [6.45, 7) is 4.06. The van der Waals surface area contributed by atoms with Crippen LogP contribution in [0.5, 0.6) is 0 Å². The highest BCUT2D eigenvalue weighted by molar-refractivity contribution is 7.09. The topological polar surface area (TPSA) is 61.4 Å². The van der Waals surface area contributed by atoms with E-state index in [1.54, 1.807) is 23.3 Å². The van der Waals surface area contributed by atoms with Crippen molar-refractivity contribution >= 4 is 23.3 Å². The Hall–Kier alpha value is -1.56. The van der Waals surface area contributed by atoms with Crippen molar-refractivity contribution < 1.29 is 9.59 Å². The molecule has 2 N–H and O–H groups in total. The van der Waals surface area contributed by atoms with Gasteiger partial charge in [-0.25, -0.2) is 4.79 Å². The Morgan fingerprint density at radius 3 is 3.00 bits per heavy atom. The van der Waals surface area contributed by atoms with Crippen LogP contribution < -0.4 is 10.6 Å². The van der Waals surface area contributed by atoms with E-state index in [1.165, 1.54) is 4.88 Å². The number of urea groups is 1. The minimum absolute atomic E-state index is 0.0311. The van der Waals surface area contributed by atoms with Gasteiger partial charge in [-0.3, -0.25) is 4.79 Å². The number of carbonyl (C=O) groups is 2. The standard InChI is InChI=1S/C16H25N3O2S/c1-12(9-14-6-4-8-22-14)10-18-16(21)19-7-3-5-13(11-19)15(20)17-2/h4,6,8,12-13H,3,5,7,9-11H2,1-2H3,(H,17,20)(H,18,21). The van der Waals surface area contributed by atoms with Crippen molar-refractivity contribution in [3.63, 3.8) is 0 Å². The lowest BCUT2D eigenvalue weighted by molar-refractivity contribution is -0.125. The Morgan fingerprint density at radius 2 is 2.32 bits per heavy atom. The maximum Gasteiger partial charge on any atom is 0.317 e. The van der Waals surface area contributed by atoms with Gasteiger partial charge in [0.2, 0.25) is 5.91 Å². The van der Waals surface area contributed by atoms with Crippen molar-refractivity contribution in [3.05, 3.63) is 22.4 Å². The number of nitrogens with one attached hydrogen (secondary N) is 2. The molecule has 0 bridgehead atoms. The molecule has 0 spiro atoms. The number of nitrogens with zero attached hydrogens (tertiary/aromatic N) is 1. The van der Waals surface area contributed by atoms with E-state index in [-0.39, 0.29) is 17.9 Å². The van der Waals surface area contributed by atoms with Crippen LogP contribution in [-0.4, -0.2) is 43.5 Å². The summed E-state index contributed by atoms with van der Waals surface area (Å²) in [4.78, 5) is 27.1. The fourth-order valence-electron chi connectivity index (χ4n) is 2.80. The third-order valence-corrected chi connectivity index (χ3v) is 4.96. The summed E-state index contributed by atoms with van der Waals surface area (Å²) >= 11 is 1.75. The van der Waals surface area contributed by atoms with Crippen molar-refractivity contribution in [1.82, 2.24) is 15.5 Å². The van der Waals surface area contributed by atoms with Crippen LogP contribution >= 0.6 is 11.3 Å². The minimum atomic E-state index is -0.0759. The molecule has 3 amide bonds. The first-order valence-electron chi connectivity index (χ1n) is 7.87. The highest BCUT2D eigenvalue weighted by Crippen LogP contribution is 2.17. The summed E-state index contributed by atoms with van der Waals surface area (Å²) in [7, 11) is 1.65. The number of rotatable bonds is 5. The van der Waals surface area contributed by atoms with Crippen LogP contribution in [-0.2, 0) is 11.2 Å². The second kappa shape index (κ2) is 8.17. The van der Waals surface area contributed by atoms with E-state index >= 15 is 0 Å². The molecule has 2 atom stereocenters. The van der Waals surface area contributed by atoms with Crippen molar-refractivity contribution in [2.45, 2.75) is 26.2 Å². The third kappa shape index (κ3) is 4.73. The van der Waals surface area contributed by atoms with Crippen molar-refractivity contribution in [2.75, 3.05) is 26.7 Å². The smallest absolute Gasteiger partial charge is 0.317 e. The molecule has 0 aromatic carbocycles. The Morgan fingerprint density at radius 1 is 1.50 bits per heavy atom. The van der Waals surface area contributed by atoms with Crippen molar-refractivity contribution in [2.24, 2.45) is 11.8 Å². The van der Waals surface area contributed by atoms with Crippen LogP contribution in [0.15, 0.2) is 17.5 Å². The van der Waals surface area contributed by atoms with Gasteiger partial charge in [0.05, 0.1) is 5.92 Å². The number of likely N-dealkylation sites (tertiary alicyclic amines) is 1. The summed E-state index contributed by atoms with van der Waals surface area (Å²) in [5.41, 5.74) is 0. The predicted molar refractivity (Wildman–Crippen MR) is 88.9 cm³/mol. The Kier molecular flexibility index (Phi) is 6.24. The van der Waals surface area contributed by atoms with Crippen LogP contribution in [0.4, 0.5) is 4.79 Å². The van der Waals surface area contributed by atoms with Gasteiger partial charge in [-0.05, 0) is 36.6 Å².